The van der Waals surface area contributed by atoms with Gasteiger partial charge in [0.15, 0.2) is 12.4 Å². The normalized spacial score (nSPS) is 11.7. The van der Waals surface area contributed by atoms with Gasteiger partial charge in [0.1, 0.15) is 12.3 Å². The van der Waals surface area contributed by atoms with Gasteiger partial charge in [-0.3, -0.25) is 4.90 Å². The number of benzene rings is 1. The van der Waals surface area contributed by atoms with Gasteiger partial charge < -0.3 is 28.7 Å². The minimum atomic E-state index is 0. The van der Waals surface area contributed by atoms with Gasteiger partial charge in [-0.05, 0) is 55.0 Å². The molecule has 0 N–H and O–H groups in total. The molecule has 0 unspecified atom stereocenters. The van der Waals surface area contributed by atoms with Gasteiger partial charge in [0, 0.05) is 24.7 Å². The van der Waals surface area contributed by atoms with E-state index in [1.165, 1.54) is 164 Å². The molecule has 1 heterocycles. The molecule has 2 rings (SSSR count). The van der Waals surface area contributed by atoms with Crippen LogP contribution in [0, 0.1) is 0 Å². The Morgan fingerprint density at radius 2 is 1.04 bits per heavy atom. The first-order valence-corrected chi connectivity index (χ1v) is 21.8. The molecule has 4 heteroatoms. The molecule has 0 spiro atoms. The molecule has 294 valence electrons. The van der Waals surface area contributed by atoms with Gasteiger partial charge >= 0.3 is 0 Å². The van der Waals surface area contributed by atoms with E-state index in [1.54, 1.807) is 0 Å². The van der Waals surface area contributed by atoms with Crippen LogP contribution in [0.3, 0.4) is 0 Å². The summed E-state index contributed by atoms with van der Waals surface area (Å²) in [5.74, 6) is 1.09. The topological polar surface area (TPSA) is 16.4 Å². The molecule has 0 aliphatic carbocycles. The molecule has 51 heavy (non-hydrogen) atoms. The molecule has 1 aromatic heterocycles. The standard InChI is InChI=1S/C47H83N2O.HI/c1-7-10-12-14-16-18-20-21-22-23-24-26-28-30-36-49(42-44-33-32-37-48(9-3)41-44)40-43-34-35-46(45(39-43)47(4,5)6)50-38-31-29-27-25-19-17-15-13-11-8-2;/h32-35,37,39,41H,7-31,36,38,40,42H2,1-6H3;1H/q+1;/p-1. The van der Waals surface area contributed by atoms with E-state index in [1.807, 2.05) is 0 Å². The molecule has 0 saturated heterocycles. The largest absolute Gasteiger partial charge is 1.00 e. The van der Waals surface area contributed by atoms with Gasteiger partial charge in [0.05, 0.1) is 6.61 Å². The van der Waals surface area contributed by atoms with Crippen LogP contribution < -0.4 is 33.3 Å². The Hall–Kier alpha value is -1.14. The molecular weight excluding hydrogens is 735 g/mol. The summed E-state index contributed by atoms with van der Waals surface area (Å²) in [7, 11) is 0. The van der Waals surface area contributed by atoms with Crippen molar-refractivity contribution in [1.82, 2.24) is 4.90 Å². The lowest BCUT2D eigenvalue weighted by atomic mass is 9.85. The number of hydrogen-bond acceptors (Lipinski definition) is 2. The van der Waals surface area contributed by atoms with Crippen LogP contribution in [0.25, 0.3) is 0 Å². The summed E-state index contributed by atoms with van der Waals surface area (Å²) in [6, 6.07) is 11.6. The first-order chi connectivity index (χ1) is 24.4. The fraction of sp³-hybridized carbons (Fsp3) is 0.766. The van der Waals surface area contributed by atoms with Crippen molar-refractivity contribution in [3.63, 3.8) is 0 Å². The van der Waals surface area contributed by atoms with Crippen LogP contribution in [-0.4, -0.2) is 18.1 Å². The zero-order chi connectivity index (χ0) is 36.1. The van der Waals surface area contributed by atoms with Gasteiger partial charge in [-0.15, -0.1) is 0 Å². The molecule has 0 bridgehead atoms. The highest BCUT2D eigenvalue weighted by molar-refractivity contribution is 5.41. The second-order valence-corrected chi connectivity index (χ2v) is 16.5. The van der Waals surface area contributed by atoms with Crippen LogP contribution in [0.5, 0.6) is 5.75 Å². The third-order valence-electron chi connectivity index (χ3n) is 10.5. The molecule has 0 amide bonds. The number of nitrogens with zero attached hydrogens (tertiary/aromatic N) is 2. The first kappa shape index (κ1) is 47.9. The average molecular weight is 819 g/mol. The molecule has 2 aromatic rings. The highest BCUT2D eigenvalue weighted by Crippen LogP contribution is 2.33. The summed E-state index contributed by atoms with van der Waals surface area (Å²) in [5.41, 5.74) is 4.22. The molecular formula is C47H83IN2O. The summed E-state index contributed by atoms with van der Waals surface area (Å²) in [5, 5.41) is 0. The summed E-state index contributed by atoms with van der Waals surface area (Å²) in [4.78, 5) is 2.68. The quantitative estimate of drug-likeness (QED) is 0.0415. The maximum atomic E-state index is 6.46. The average Bonchev–Trinajstić information content (AvgIpc) is 3.10. The van der Waals surface area contributed by atoms with E-state index < -0.39 is 0 Å². The van der Waals surface area contributed by atoms with Crippen molar-refractivity contribution in [1.29, 1.82) is 0 Å². The molecule has 0 atom stereocenters. The van der Waals surface area contributed by atoms with Crippen LogP contribution in [0.2, 0.25) is 0 Å². The number of ether oxygens (including phenoxy) is 1. The number of rotatable bonds is 32. The van der Waals surface area contributed by atoms with Gasteiger partial charge in [0.2, 0.25) is 0 Å². The molecule has 0 radical (unpaired) electrons. The number of pyridine rings is 1. The smallest absolute Gasteiger partial charge is 0.173 e. The molecule has 0 saturated carbocycles. The maximum Gasteiger partial charge on any atom is 0.173 e. The lowest BCUT2D eigenvalue weighted by molar-refractivity contribution is -0.694. The highest BCUT2D eigenvalue weighted by atomic mass is 127. The van der Waals surface area contributed by atoms with E-state index in [4.69, 9.17) is 4.74 Å². The molecule has 3 nitrogen and oxygen atoms in total. The van der Waals surface area contributed by atoms with Crippen LogP contribution in [0.1, 0.15) is 212 Å². The highest BCUT2D eigenvalue weighted by Gasteiger charge is 2.20. The van der Waals surface area contributed by atoms with E-state index in [9.17, 15) is 0 Å². The Kier molecular flexibility index (Phi) is 29.3. The third kappa shape index (κ3) is 24.0. The zero-order valence-electron chi connectivity index (χ0n) is 34.7. The zero-order valence-corrected chi connectivity index (χ0v) is 36.9. The van der Waals surface area contributed by atoms with Gasteiger partial charge in [0.25, 0.3) is 0 Å². The predicted molar refractivity (Wildman–Crippen MR) is 219 cm³/mol. The molecule has 1 aromatic carbocycles. The molecule has 0 fully saturated rings. The van der Waals surface area contributed by atoms with Crippen LogP contribution in [0.4, 0.5) is 0 Å². The van der Waals surface area contributed by atoms with E-state index in [0.717, 1.165) is 45.0 Å². The van der Waals surface area contributed by atoms with Crippen molar-refractivity contribution < 1.29 is 33.3 Å². The number of unbranched alkanes of at least 4 members (excludes halogenated alkanes) is 22. The van der Waals surface area contributed by atoms with Crippen LogP contribution >= 0.6 is 0 Å². The summed E-state index contributed by atoms with van der Waals surface area (Å²) >= 11 is 0. The van der Waals surface area contributed by atoms with Crippen molar-refractivity contribution in [3.05, 3.63) is 59.4 Å². The van der Waals surface area contributed by atoms with Crippen molar-refractivity contribution in [2.45, 2.75) is 221 Å². The SMILES string of the molecule is CCCCCCCCCCCCCCCCN(Cc1ccc(OCCCCCCCCCCCC)c(C(C)(C)C)c1)Cc1ccc[n+](CC)c1.[I-]. The third-order valence-corrected chi connectivity index (χ3v) is 10.5. The fourth-order valence-corrected chi connectivity index (χ4v) is 7.29. The number of aryl methyl sites for hydroxylation is 1. The Labute approximate surface area is 335 Å². The first-order valence-electron chi connectivity index (χ1n) is 21.8. The molecule has 0 aliphatic rings. The number of hydrogen-bond donors (Lipinski definition) is 0. The van der Waals surface area contributed by atoms with Gasteiger partial charge in [-0.1, -0.05) is 188 Å². The van der Waals surface area contributed by atoms with Crippen molar-refractivity contribution in [2.24, 2.45) is 0 Å². The predicted octanol–water partition coefficient (Wildman–Crippen LogP) is 11.1. The minimum Gasteiger partial charge on any atom is -1.00 e. The van der Waals surface area contributed by atoms with Crippen LogP contribution in [0.15, 0.2) is 42.7 Å². The summed E-state index contributed by atoms with van der Waals surface area (Å²) < 4.78 is 8.76. The van der Waals surface area contributed by atoms with Crippen molar-refractivity contribution in [2.75, 3.05) is 13.2 Å². The Bertz CT molecular complexity index is 1080. The number of aromatic nitrogens is 1. The monoisotopic (exact) mass is 819 g/mol. The number of halogens is 1. The lowest BCUT2D eigenvalue weighted by Gasteiger charge is -2.26. The Morgan fingerprint density at radius 1 is 0.569 bits per heavy atom. The van der Waals surface area contributed by atoms with E-state index >= 15 is 0 Å². The summed E-state index contributed by atoms with van der Waals surface area (Å²) in [6.07, 6.45) is 37.8. The van der Waals surface area contributed by atoms with Crippen LogP contribution in [-0.2, 0) is 25.0 Å². The van der Waals surface area contributed by atoms with E-state index in [2.05, 4.69) is 93.7 Å². The second kappa shape index (κ2) is 31.2. The summed E-state index contributed by atoms with van der Waals surface area (Å²) in [6.45, 7) is 18.8. The Balaban J connectivity index is 0.0000130. The van der Waals surface area contributed by atoms with E-state index in [-0.39, 0.29) is 29.4 Å². The van der Waals surface area contributed by atoms with E-state index in [0.29, 0.717) is 0 Å². The second-order valence-electron chi connectivity index (χ2n) is 16.5. The van der Waals surface area contributed by atoms with Crippen molar-refractivity contribution in [3.8, 4) is 5.75 Å². The minimum absolute atomic E-state index is 0. The van der Waals surface area contributed by atoms with Crippen molar-refractivity contribution >= 4 is 0 Å². The molecule has 0 aliphatic heterocycles. The Morgan fingerprint density at radius 3 is 1.53 bits per heavy atom. The maximum absolute atomic E-state index is 6.46. The van der Waals surface area contributed by atoms with Gasteiger partial charge in [-0.25, -0.2) is 4.57 Å². The van der Waals surface area contributed by atoms with Gasteiger partial charge in [-0.2, -0.15) is 0 Å². The lowest BCUT2D eigenvalue weighted by Crippen LogP contribution is -3.00. The fourth-order valence-electron chi connectivity index (χ4n) is 7.29.